The number of nitrogens with one attached hydrogen (secondary N) is 1. The molecular weight excluding hydrogens is 454 g/mol. The quantitative estimate of drug-likeness (QED) is 0.285. The number of aliphatic hydroxyl groups is 1. The fourth-order valence-corrected chi connectivity index (χ4v) is 4.98. The van der Waals surface area contributed by atoms with Crippen LogP contribution in [0.2, 0.25) is 0 Å². The molecule has 0 saturated carbocycles. The summed E-state index contributed by atoms with van der Waals surface area (Å²) in [6.45, 7) is 4.51. The number of ether oxygens (including phenoxy) is 1. The van der Waals surface area contributed by atoms with Gasteiger partial charge in [0.15, 0.2) is 5.11 Å². The van der Waals surface area contributed by atoms with Gasteiger partial charge < -0.3 is 24.6 Å². The molecule has 4 rings (SSSR count). The first kappa shape index (κ1) is 23.7. The zero-order valence-electron chi connectivity index (χ0n) is 19.3. The Hall–Kier alpha value is -3.50. The van der Waals surface area contributed by atoms with Gasteiger partial charge in [0.1, 0.15) is 11.4 Å². The summed E-state index contributed by atoms with van der Waals surface area (Å²) >= 11 is 5.66. The van der Waals surface area contributed by atoms with Gasteiger partial charge in [0.2, 0.25) is 0 Å². The molecule has 2 aromatic heterocycles. The monoisotopic (exact) mass is 481 g/mol. The number of benzene rings is 1. The van der Waals surface area contributed by atoms with Crippen molar-refractivity contribution >= 4 is 23.0 Å². The second kappa shape index (κ2) is 9.78. The highest BCUT2D eigenvalue weighted by Gasteiger charge is 2.41. The van der Waals surface area contributed by atoms with Crippen LogP contribution in [0.1, 0.15) is 41.1 Å². The Morgan fingerprint density at radius 3 is 2.71 bits per heavy atom. The van der Waals surface area contributed by atoms with Gasteiger partial charge in [-0.2, -0.15) is 0 Å². The molecule has 2 N–H and O–H groups in total. The van der Waals surface area contributed by atoms with Crippen LogP contribution in [0.15, 0.2) is 48.7 Å². The molecule has 1 saturated heterocycles. The molecule has 3 aromatic rings. The average Bonchev–Trinajstić information content (AvgIpc) is 3.32. The Labute approximate surface area is 203 Å². The highest BCUT2D eigenvalue weighted by molar-refractivity contribution is 7.80. The average molecular weight is 482 g/mol. The van der Waals surface area contributed by atoms with Crippen molar-refractivity contribution in [1.29, 1.82) is 0 Å². The van der Waals surface area contributed by atoms with E-state index in [2.05, 4.69) is 15.2 Å². The lowest BCUT2D eigenvalue weighted by atomic mass is 9.96. The number of aryl methyl sites for hydroxylation is 1. The van der Waals surface area contributed by atoms with Crippen molar-refractivity contribution in [2.24, 2.45) is 0 Å². The van der Waals surface area contributed by atoms with Gasteiger partial charge in [0.25, 0.3) is 5.69 Å². The number of methoxy groups -OCH3 is 1. The molecule has 34 heavy (non-hydrogen) atoms. The Kier molecular flexibility index (Phi) is 6.80. The molecule has 0 unspecified atom stereocenters. The van der Waals surface area contributed by atoms with Crippen molar-refractivity contribution in [1.82, 2.24) is 19.8 Å². The summed E-state index contributed by atoms with van der Waals surface area (Å²) in [6.07, 6.45) is 2.31. The van der Waals surface area contributed by atoms with Gasteiger partial charge in [-0.25, -0.2) is 0 Å². The maximum absolute atomic E-state index is 11.9. The molecule has 178 valence electrons. The zero-order valence-corrected chi connectivity index (χ0v) is 20.1. The van der Waals surface area contributed by atoms with Crippen LogP contribution in [0.3, 0.4) is 0 Å². The fourth-order valence-electron chi connectivity index (χ4n) is 4.65. The second-order valence-electron chi connectivity index (χ2n) is 8.17. The number of nitrogens with zero attached hydrogens (tertiary/aromatic N) is 4. The zero-order chi connectivity index (χ0) is 24.4. The van der Waals surface area contributed by atoms with E-state index in [0.29, 0.717) is 29.5 Å². The van der Waals surface area contributed by atoms with Gasteiger partial charge in [0.05, 0.1) is 35.9 Å². The summed E-state index contributed by atoms with van der Waals surface area (Å²) in [6, 6.07) is 12.3. The number of nitro benzene ring substituents is 1. The minimum Gasteiger partial charge on any atom is -0.496 e. The summed E-state index contributed by atoms with van der Waals surface area (Å²) in [5.41, 5.74) is 4.01. The van der Waals surface area contributed by atoms with Crippen molar-refractivity contribution in [2.75, 3.05) is 20.3 Å². The Bertz CT molecular complexity index is 1210. The van der Waals surface area contributed by atoms with Crippen molar-refractivity contribution < 1.29 is 14.8 Å². The SMILES string of the molecule is COc1ccc(-n2c(C)cc([C@@H]3[C@H](c4ccccn4)NC(=S)N3CCCO)c2C)c([N+](=O)[O-])c1. The molecule has 0 bridgehead atoms. The molecule has 2 atom stereocenters. The first-order valence-electron chi connectivity index (χ1n) is 11.0. The van der Waals surface area contributed by atoms with Crippen molar-refractivity contribution in [3.8, 4) is 11.4 Å². The first-order valence-corrected chi connectivity index (χ1v) is 11.4. The fraction of sp³-hybridized carbons (Fsp3) is 0.333. The minimum absolute atomic E-state index is 0.0359. The number of hydrogen-bond acceptors (Lipinski definition) is 6. The van der Waals surface area contributed by atoms with Crippen LogP contribution in [-0.2, 0) is 0 Å². The Morgan fingerprint density at radius 2 is 2.06 bits per heavy atom. The summed E-state index contributed by atoms with van der Waals surface area (Å²) in [5.74, 6) is 0.425. The molecule has 1 fully saturated rings. The van der Waals surface area contributed by atoms with Crippen LogP contribution >= 0.6 is 12.2 Å². The van der Waals surface area contributed by atoms with Crippen molar-refractivity contribution in [3.05, 3.63) is 81.4 Å². The van der Waals surface area contributed by atoms with Gasteiger partial charge in [0, 0.05) is 30.7 Å². The maximum atomic E-state index is 11.9. The molecule has 0 amide bonds. The lowest BCUT2D eigenvalue weighted by Crippen LogP contribution is -2.31. The Morgan fingerprint density at radius 1 is 1.26 bits per heavy atom. The number of pyridine rings is 1. The van der Waals surface area contributed by atoms with Gasteiger partial charge in [-0.15, -0.1) is 0 Å². The lowest BCUT2D eigenvalue weighted by Gasteiger charge is -2.28. The highest BCUT2D eigenvalue weighted by atomic mass is 32.1. The van der Waals surface area contributed by atoms with Gasteiger partial charge in [-0.3, -0.25) is 15.1 Å². The summed E-state index contributed by atoms with van der Waals surface area (Å²) in [4.78, 5) is 18.1. The van der Waals surface area contributed by atoms with Crippen LogP contribution in [0.5, 0.6) is 5.75 Å². The van der Waals surface area contributed by atoms with Crippen molar-refractivity contribution in [3.63, 3.8) is 0 Å². The van der Waals surface area contributed by atoms with E-state index in [-0.39, 0.29) is 24.4 Å². The molecule has 1 aromatic carbocycles. The van der Waals surface area contributed by atoms with E-state index in [1.165, 1.54) is 13.2 Å². The van der Waals surface area contributed by atoms with Crippen LogP contribution in [0.4, 0.5) is 5.69 Å². The number of thiocarbonyl (C=S) groups is 1. The molecule has 0 radical (unpaired) electrons. The number of hydrogen-bond donors (Lipinski definition) is 2. The third kappa shape index (κ3) is 4.22. The molecule has 1 aliphatic heterocycles. The third-order valence-corrected chi connectivity index (χ3v) is 6.52. The third-order valence-electron chi connectivity index (χ3n) is 6.16. The van der Waals surface area contributed by atoms with Crippen LogP contribution in [0.25, 0.3) is 5.69 Å². The predicted molar refractivity (Wildman–Crippen MR) is 132 cm³/mol. The summed E-state index contributed by atoms with van der Waals surface area (Å²) in [5, 5.41) is 25.3. The molecule has 0 spiro atoms. The topological polar surface area (TPSA) is 106 Å². The number of rotatable bonds is 8. The van der Waals surface area contributed by atoms with Gasteiger partial charge >= 0.3 is 0 Å². The van der Waals surface area contributed by atoms with Crippen LogP contribution in [0, 0.1) is 24.0 Å². The van der Waals surface area contributed by atoms with Gasteiger partial charge in [-0.05, 0) is 68.4 Å². The molecule has 3 heterocycles. The lowest BCUT2D eigenvalue weighted by molar-refractivity contribution is -0.384. The molecule has 9 nitrogen and oxygen atoms in total. The van der Waals surface area contributed by atoms with Crippen molar-refractivity contribution in [2.45, 2.75) is 32.4 Å². The molecular formula is C24H27N5O4S. The van der Waals surface area contributed by atoms with E-state index in [0.717, 1.165) is 22.6 Å². The number of nitro groups is 1. The van der Waals surface area contributed by atoms with E-state index in [4.69, 9.17) is 17.0 Å². The largest absolute Gasteiger partial charge is 0.496 e. The standard InChI is InChI=1S/C24H27N5O4S/c1-15-13-18(16(2)28(15)20-9-8-17(33-3)14-21(20)29(31)32)23-22(19-7-4-5-10-25-19)26-24(34)27(23)11-6-12-30/h4-5,7-10,13-14,22-23,30H,6,11-12H2,1-3H3,(H,26,34)/t22-,23+/m0/s1. The summed E-state index contributed by atoms with van der Waals surface area (Å²) in [7, 11) is 1.48. The van der Waals surface area contributed by atoms with E-state index in [1.807, 2.05) is 42.7 Å². The predicted octanol–water partition coefficient (Wildman–Crippen LogP) is 3.76. The number of aliphatic hydroxyl groups excluding tert-OH is 1. The van der Waals surface area contributed by atoms with E-state index >= 15 is 0 Å². The summed E-state index contributed by atoms with van der Waals surface area (Å²) < 4.78 is 7.10. The highest BCUT2D eigenvalue weighted by Crippen LogP contribution is 2.42. The van der Waals surface area contributed by atoms with Crippen LogP contribution < -0.4 is 10.1 Å². The molecule has 0 aliphatic carbocycles. The molecule has 1 aliphatic rings. The second-order valence-corrected chi connectivity index (χ2v) is 8.56. The first-order chi connectivity index (χ1) is 16.4. The maximum Gasteiger partial charge on any atom is 0.296 e. The van der Waals surface area contributed by atoms with Gasteiger partial charge in [-0.1, -0.05) is 6.07 Å². The Balaban J connectivity index is 1.86. The van der Waals surface area contributed by atoms with E-state index in [9.17, 15) is 15.2 Å². The minimum atomic E-state index is -0.396. The number of aromatic nitrogens is 2. The molecule has 10 heteroatoms. The van der Waals surface area contributed by atoms with E-state index in [1.54, 1.807) is 18.3 Å². The van der Waals surface area contributed by atoms with E-state index < -0.39 is 4.92 Å². The van der Waals surface area contributed by atoms with Crippen LogP contribution in [-0.4, -0.2) is 49.9 Å². The smallest absolute Gasteiger partial charge is 0.296 e. The normalized spacial score (nSPS) is 17.6.